The van der Waals surface area contributed by atoms with Crippen LogP contribution in [0.3, 0.4) is 0 Å². The van der Waals surface area contributed by atoms with Gasteiger partial charge in [0.25, 0.3) is 0 Å². The van der Waals surface area contributed by atoms with Crippen LogP contribution in [0.2, 0.25) is 0 Å². The molecule has 0 spiro atoms. The van der Waals surface area contributed by atoms with Crippen LogP contribution in [0.15, 0.2) is 24.3 Å². The summed E-state index contributed by atoms with van der Waals surface area (Å²) in [6.45, 7) is 1.05. The number of alkyl halides is 3. The minimum Gasteiger partial charge on any atom is -0.741 e. The van der Waals surface area contributed by atoms with Gasteiger partial charge in [-0.2, -0.15) is 13.2 Å². The van der Waals surface area contributed by atoms with E-state index in [1.807, 2.05) is 12.1 Å². The molecule has 1 rings (SSSR count). The Morgan fingerprint density at radius 1 is 1.14 bits per heavy atom. The second-order valence-electron chi connectivity index (χ2n) is 5.20. The average molecular weight is 329 g/mol. The highest BCUT2D eigenvalue weighted by Gasteiger charge is 2.36. The molecule has 0 aliphatic heterocycles. The monoisotopic (exact) mass is 329 g/mol. The van der Waals surface area contributed by atoms with Crippen LogP contribution in [-0.2, 0) is 16.7 Å². The number of halogens is 3. The molecule has 1 aromatic carbocycles. The quantitative estimate of drug-likeness (QED) is 0.483. The van der Waals surface area contributed by atoms with Crippen molar-refractivity contribution in [2.45, 2.75) is 12.1 Å². The van der Waals surface area contributed by atoms with Crippen molar-refractivity contribution in [3.05, 3.63) is 29.8 Å². The molecule has 9 heteroatoms. The maximum Gasteiger partial charge on any atom is 0.485 e. The van der Waals surface area contributed by atoms with E-state index in [0.29, 0.717) is 0 Å². The molecule has 122 valence electrons. The minimum absolute atomic E-state index is 0.921. The Labute approximate surface area is 122 Å². The van der Waals surface area contributed by atoms with Crippen molar-refractivity contribution in [2.24, 2.45) is 0 Å². The van der Waals surface area contributed by atoms with E-state index in [-0.39, 0.29) is 0 Å². The highest BCUT2D eigenvalue weighted by Crippen LogP contribution is 2.20. The fourth-order valence-electron chi connectivity index (χ4n) is 1.28. The maximum absolute atomic E-state index is 10.7. The highest BCUT2D eigenvalue weighted by molar-refractivity contribution is 7.86. The van der Waals surface area contributed by atoms with Crippen LogP contribution in [0.25, 0.3) is 0 Å². The summed E-state index contributed by atoms with van der Waals surface area (Å²) in [7, 11) is 2.15. The number of methoxy groups -OCH3 is 1. The number of quaternary nitrogens is 1. The molecule has 1 aromatic rings. The number of rotatable bonds is 3. The molecule has 0 saturated heterocycles. The standard InChI is InChI=1S/C11H18NO.CHF3O3S/c1-12(2,3)9-10-5-7-11(13-4)8-6-10;2-1(3,4)8(5,6)7/h5-8H,9H2,1-4H3;(H,5,6,7)/q+1;/p-1. The smallest absolute Gasteiger partial charge is 0.485 e. The van der Waals surface area contributed by atoms with Gasteiger partial charge in [-0.1, -0.05) is 0 Å². The Kier molecular flexibility index (Phi) is 6.65. The van der Waals surface area contributed by atoms with Gasteiger partial charge in [0.05, 0.1) is 28.3 Å². The Bertz CT molecular complexity index is 533. The number of ether oxygens (including phenoxy) is 1. The predicted molar refractivity (Wildman–Crippen MR) is 70.5 cm³/mol. The highest BCUT2D eigenvalue weighted by atomic mass is 32.2. The zero-order valence-corrected chi connectivity index (χ0v) is 13.0. The van der Waals surface area contributed by atoms with Gasteiger partial charge in [-0.15, -0.1) is 0 Å². The molecule has 0 aromatic heterocycles. The van der Waals surface area contributed by atoms with Gasteiger partial charge in [-0.3, -0.25) is 0 Å². The molecule has 5 nitrogen and oxygen atoms in total. The van der Waals surface area contributed by atoms with Gasteiger partial charge in [-0.05, 0) is 24.3 Å². The van der Waals surface area contributed by atoms with E-state index < -0.39 is 15.6 Å². The summed E-state index contributed by atoms with van der Waals surface area (Å²) in [5, 5.41) is 0. The summed E-state index contributed by atoms with van der Waals surface area (Å²) in [6.07, 6.45) is 0. The van der Waals surface area contributed by atoms with Crippen LogP contribution >= 0.6 is 0 Å². The molecule has 0 heterocycles. The Balaban J connectivity index is 0.000000433. The van der Waals surface area contributed by atoms with Crippen LogP contribution in [0.1, 0.15) is 5.56 Å². The van der Waals surface area contributed by atoms with Gasteiger partial charge < -0.3 is 13.8 Å². The zero-order valence-electron chi connectivity index (χ0n) is 12.1. The molecule has 21 heavy (non-hydrogen) atoms. The van der Waals surface area contributed by atoms with E-state index in [2.05, 4.69) is 33.3 Å². The third-order valence-electron chi connectivity index (χ3n) is 2.10. The molecule has 0 unspecified atom stereocenters. The van der Waals surface area contributed by atoms with Crippen LogP contribution in [0.4, 0.5) is 13.2 Å². The van der Waals surface area contributed by atoms with Gasteiger partial charge in [0, 0.05) is 5.56 Å². The molecule has 0 aliphatic carbocycles. The van der Waals surface area contributed by atoms with Crippen LogP contribution in [-0.4, -0.2) is 51.2 Å². The summed E-state index contributed by atoms with van der Waals surface area (Å²) in [6, 6.07) is 8.24. The first kappa shape index (κ1) is 19.7. The molecule has 0 atom stereocenters. The lowest BCUT2D eigenvalue weighted by atomic mass is 10.2. The molecule has 0 fully saturated rings. The van der Waals surface area contributed by atoms with Crippen LogP contribution in [0.5, 0.6) is 5.75 Å². The van der Waals surface area contributed by atoms with Gasteiger partial charge in [0.1, 0.15) is 12.3 Å². The summed E-state index contributed by atoms with van der Waals surface area (Å²) >= 11 is 0. The number of hydrogen-bond donors (Lipinski definition) is 0. The van der Waals surface area contributed by atoms with Crippen molar-refractivity contribution in [3.8, 4) is 5.75 Å². The van der Waals surface area contributed by atoms with Crippen molar-refractivity contribution in [3.63, 3.8) is 0 Å². The Morgan fingerprint density at radius 2 is 1.52 bits per heavy atom. The number of benzene rings is 1. The summed E-state index contributed by atoms with van der Waals surface area (Å²) < 4.78 is 64.9. The maximum atomic E-state index is 10.7. The van der Waals surface area contributed by atoms with Crippen molar-refractivity contribution >= 4 is 10.1 Å². The lowest BCUT2D eigenvalue weighted by Gasteiger charge is -2.23. The lowest BCUT2D eigenvalue weighted by molar-refractivity contribution is -0.884. The second-order valence-corrected chi connectivity index (χ2v) is 6.57. The molecule has 0 amide bonds. The normalized spacial score (nSPS) is 12.4. The molecule has 0 N–H and O–H groups in total. The minimum atomic E-state index is -6.09. The first-order valence-corrected chi connectivity index (χ1v) is 7.12. The van der Waals surface area contributed by atoms with E-state index >= 15 is 0 Å². The molecular formula is C12H18F3NO4S. The Morgan fingerprint density at radius 3 is 1.76 bits per heavy atom. The number of hydrogen-bond acceptors (Lipinski definition) is 4. The molecule has 0 radical (unpaired) electrons. The van der Waals surface area contributed by atoms with Crippen LogP contribution in [0, 0.1) is 0 Å². The van der Waals surface area contributed by atoms with Gasteiger partial charge in [0.15, 0.2) is 10.1 Å². The van der Waals surface area contributed by atoms with E-state index in [9.17, 15) is 13.2 Å². The van der Waals surface area contributed by atoms with Gasteiger partial charge >= 0.3 is 5.51 Å². The summed E-state index contributed by atoms with van der Waals surface area (Å²) in [5.41, 5.74) is -4.30. The Hall–Kier alpha value is -1.32. The lowest BCUT2D eigenvalue weighted by Crippen LogP contribution is -2.33. The third-order valence-corrected chi connectivity index (χ3v) is 2.67. The largest absolute Gasteiger partial charge is 0.741 e. The first-order valence-electron chi connectivity index (χ1n) is 5.72. The SMILES string of the molecule is COc1ccc(C[N+](C)(C)C)cc1.O=S(=O)([O-])C(F)(F)F. The van der Waals surface area contributed by atoms with Crippen molar-refractivity contribution < 1.29 is 35.4 Å². The van der Waals surface area contributed by atoms with Gasteiger partial charge in [-0.25, -0.2) is 8.42 Å². The van der Waals surface area contributed by atoms with E-state index in [0.717, 1.165) is 16.8 Å². The fourth-order valence-corrected chi connectivity index (χ4v) is 1.28. The molecular weight excluding hydrogens is 311 g/mol. The predicted octanol–water partition coefficient (Wildman–Crippen LogP) is 1.95. The first-order chi connectivity index (χ1) is 9.26. The average Bonchev–Trinajstić information content (AvgIpc) is 2.26. The van der Waals surface area contributed by atoms with Gasteiger partial charge in [0.2, 0.25) is 0 Å². The second kappa shape index (κ2) is 7.10. The topological polar surface area (TPSA) is 66.4 Å². The molecule has 0 aliphatic rings. The van der Waals surface area contributed by atoms with Crippen molar-refractivity contribution in [1.29, 1.82) is 0 Å². The van der Waals surface area contributed by atoms with Crippen molar-refractivity contribution in [1.82, 2.24) is 0 Å². The third kappa shape index (κ3) is 8.53. The summed E-state index contributed by atoms with van der Waals surface area (Å²) in [4.78, 5) is 0. The van der Waals surface area contributed by atoms with E-state index in [1.54, 1.807) is 7.11 Å². The fraction of sp³-hybridized carbons (Fsp3) is 0.500. The molecule has 0 saturated carbocycles. The molecule has 0 bridgehead atoms. The van der Waals surface area contributed by atoms with E-state index in [1.165, 1.54) is 5.56 Å². The zero-order chi connectivity index (χ0) is 16.9. The van der Waals surface area contributed by atoms with Crippen LogP contribution < -0.4 is 4.74 Å². The van der Waals surface area contributed by atoms with E-state index in [4.69, 9.17) is 17.7 Å². The van der Waals surface area contributed by atoms with Crippen molar-refractivity contribution in [2.75, 3.05) is 28.3 Å². The number of nitrogens with zero attached hydrogens (tertiary/aromatic N) is 1. The summed E-state index contributed by atoms with van der Waals surface area (Å²) in [5.74, 6) is 0.921.